The van der Waals surface area contributed by atoms with Crippen molar-refractivity contribution in [1.29, 1.82) is 0 Å². The number of rotatable bonds is 11. The molecular formula is C27H29N3O6. The summed E-state index contributed by atoms with van der Waals surface area (Å²) >= 11 is 0. The van der Waals surface area contributed by atoms with Gasteiger partial charge in [0.05, 0.1) is 27.5 Å². The number of hydrogen-bond donors (Lipinski definition) is 2. The second-order valence-corrected chi connectivity index (χ2v) is 7.58. The molecule has 0 atom stereocenters. The van der Waals surface area contributed by atoms with Crippen LogP contribution in [-0.4, -0.2) is 45.9 Å². The molecule has 3 aromatic rings. The normalized spacial score (nSPS) is 10.5. The van der Waals surface area contributed by atoms with Crippen LogP contribution in [0.25, 0.3) is 0 Å². The monoisotopic (exact) mass is 491 g/mol. The van der Waals surface area contributed by atoms with E-state index in [2.05, 4.69) is 15.8 Å². The van der Waals surface area contributed by atoms with Gasteiger partial charge in [-0.2, -0.15) is 5.10 Å². The first-order valence-corrected chi connectivity index (χ1v) is 11.2. The summed E-state index contributed by atoms with van der Waals surface area (Å²) in [6.07, 6.45) is 1.93. The number of amides is 2. The van der Waals surface area contributed by atoms with E-state index >= 15 is 0 Å². The number of methoxy groups -OCH3 is 3. The maximum absolute atomic E-state index is 12.1. The number of benzene rings is 3. The van der Waals surface area contributed by atoms with Crippen molar-refractivity contribution >= 4 is 18.0 Å². The van der Waals surface area contributed by atoms with Crippen LogP contribution in [0.1, 0.15) is 16.7 Å². The standard InChI is InChI=1S/C27H29N3O6/c1-33-22-11-9-19(15-24(22)34-2)13-14-28-26(31)27(32)30-29-17-21-10-12-23(25(16-21)35-3)36-18-20-7-5-4-6-8-20/h4-12,15-17H,13-14,18H2,1-3H3,(H,28,31)(H,30,32). The third-order valence-electron chi connectivity index (χ3n) is 5.16. The molecule has 0 radical (unpaired) electrons. The molecular weight excluding hydrogens is 462 g/mol. The van der Waals surface area contributed by atoms with E-state index in [4.69, 9.17) is 18.9 Å². The number of nitrogens with one attached hydrogen (secondary N) is 2. The second-order valence-electron chi connectivity index (χ2n) is 7.58. The first-order valence-electron chi connectivity index (χ1n) is 11.2. The largest absolute Gasteiger partial charge is 0.493 e. The summed E-state index contributed by atoms with van der Waals surface area (Å²) in [6, 6.07) is 20.5. The molecule has 0 unspecified atom stereocenters. The maximum atomic E-state index is 12.1. The number of nitrogens with zero attached hydrogens (tertiary/aromatic N) is 1. The Balaban J connectivity index is 1.46. The summed E-state index contributed by atoms with van der Waals surface area (Å²) in [4.78, 5) is 24.1. The Morgan fingerprint density at radius 1 is 0.778 bits per heavy atom. The predicted octanol–water partition coefficient (Wildman–Crippen LogP) is 3.10. The second kappa shape index (κ2) is 13.4. The SMILES string of the molecule is COc1ccc(CCNC(=O)C(=O)NN=Cc2ccc(OCc3ccccc3)c(OC)c2)cc1OC. The van der Waals surface area contributed by atoms with E-state index in [0.717, 1.165) is 11.1 Å². The molecule has 0 spiro atoms. The molecule has 2 N–H and O–H groups in total. The Labute approximate surface area is 210 Å². The minimum absolute atomic E-state index is 0.271. The molecule has 0 bridgehead atoms. The smallest absolute Gasteiger partial charge is 0.329 e. The van der Waals surface area contributed by atoms with E-state index in [-0.39, 0.29) is 6.54 Å². The zero-order valence-corrected chi connectivity index (χ0v) is 20.4. The summed E-state index contributed by atoms with van der Waals surface area (Å²) < 4.78 is 21.7. The lowest BCUT2D eigenvalue weighted by atomic mass is 10.1. The third-order valence-corrected chi connectivity index (χ3v) is 5.16. The van der Waals surface area contributed by atoms with E-state index in [1.165, 1.54) is 6.21 Å². The summed E-state index contributed by atoms with van der Waals surface area (Å²) in [5.41, 5.74) is 4.85. The van der Waals surface area contributed by atoms with Gasteiger partial charge >= 0.3 is 11.8 Å². The zero-order valence-electron chi connectivity index (χ0n) is 20.4. The molecule has 0 heterocycles. The minimum atomic E-state index is -0.867. The van der Waals surface area contributed by atoms with Crippen LogP contribution in [0.2, 0.25) is 0 Å². The van der Waals surface area contributed by atoms with Crippen molar-refractivity contribution in [2.45, 2.75) is 13.0 Å². The zero-order chi connectivity index (χ0) is 25.8. The summed E-state index contributed by atoms with van der Waals surface area (Å²) in [5, 5.41) is 6.42. The van der Waals surface area contributed by atoms with E-state index in [1.54, 1.807) is 45.6 Å². The Hall–Kier alpha value is -4.53. The fourth-order valence-corrected chi connectivity index (χ4v) is 3.27. The molecule has 9 nitrogen and oxygen atoms in total. The lowest BCUT2D eigenvalue weighted by Crippen LogP contribution is -2.38. The summed E-state index contributed by atoms with van der Waals surface area (Å²) in [6.45, 7) is 0.676. The average Bonchev–Trinajstić information content (AvgIpc) is 2.92. The first-order chi connectivity index (χ1) is 17.5. The number of carbonyl (C=O) groups is 2. The quantitative estimate of drug-likeness (QED) is 0.243. The molecule has 9 heteroatoms. The molecule has 0 aliphatic carbocycles. The van der Waals surface area contributed by atoms with E-state index < -0.39 is 11.8 Å². The average molecular weight is 492 g/mol. The summed E-state index contributed by atoms with van der Waals surface area (Å²) in [7, 11) is 4.66. The van der Waals surface area contributed by atoms with Crippen LogP contribution in [0.15, 0.2) is 71.8 Å². The fraction of sp³-hybridized carbons (Fsp3) is 0.222. The highest BCUT2D eigenvalue weighted by molar-refractivity contribution is 6.35. The van der Waals surface area contributed by atoms with Crippen LogP contribution < -0.4 is 29.7 Å². The molecule has 0 saturated heterocycles. The van der Waals surface area contributed by atoms with Crippen LogP contribution in [0.5, 0.6) is 23.0 Å². The van der Waals surface area contributed by atoms with Gasteiger partial charge < -0.3 is 24.3 Å². The predicted molar refractivity (Wildman–Crippen MR) is 136 cm³/mol. The van der Waals surface area contributed by atoms with Gasteiger partial charge in [-0.25, -0.2) is 5.43 Å². The lowest BCUT2D eigenvalue weighted by molar-refractivity contribution is -0.139. The van der Waals surface area contributed by atoms with Crippen LogP contribution in [0.3, 0.4) is 0 Å². The van der Waals surface area contributed by atoms with Crippen LogP contribution >= 0.6 is 0 Å². The molecule has 0 saturated carbocycles. The molecule has 36 heavy (non-hydrogen) atoms. The van der Waals surface area contributed by atoms with E-state index in [1.807, 2.05) is 42.5 Å². The van der Waals surface area contributed by atoms with Gasteiger partial charge in [0.25, 0.3) is 0 Å². The number of hydrazone groups is 1. The molecule has 188 valence electrons. The minimum Gasteiger partial charge on any atom is -0.493 e. The van der Waals surface area contributed by atoms with Crippen LogP contribution in [0, 0.1) is 0 Å². The Morgan fingerprint density at radius 3 is 2.19 bits per heavy atom. The lowest BCUT2D eigenvalue weighted by Gasteiger charge is -2.11. The Bertz CT molecular complexity index is 1200. The van der Waals surface area contributed by atoms with Crippen molar-refractivity contribution in [3.05, 3.63) is 83.4 Å². The maximum Gasteiger partial charge on any atom is 0.329 e. The van der Waals surface area contributed by atoms with Crippen molar-refractivity contribution < 1.29 is 28.5 Å². The van der Waals surface area contributed by atoms with Crippen molar-refractivity contribution in [3.8, 4) is 23.0 Å². The number of ether oxygens (including phenoxy) is 4. The molecule has 2 amide bonds. The highest BCUT2D eigenvalue weighted by atomic mass is 16.5. The molecule has 3 rings (SSSR count). The molecule has 0 aliphatic heterocycles. The molecule has 3 aromatic carbocycles. The van der Waals surface area contributed by atoms with Crippen molar-refractivity contribution in [1.82, 2.24) is 10.7 Å². The topological polar surface area (TPSA) is 107 Å². The number of hydrogen-bond acceptors (Lipinski definition) is 7. The molecule has 0 fully saturated rings. The van der Waals surface area contributed by atoms with Crippen molar-refractivity contribution in [3.63, 3.8) is 0 Å². The highest BCUT2D eigenvalue weighted by Gasteiger charge is 2.12. The molecule has 0 aromatic heterocycles. The van der Waals surface area contributed by atoms with Gasteiger partial charge in [0.15, 0.2) is 23.0 Å². The van der Waals surface area contributed by atoms with E-state index in [9.17, 15) is 9.59 Å². The first kappa shape index (κ1) is 26.1. The Kier molecular flexibility index (Phi) is 9.69. The van der Waals surface area contributed by atoms with Gasteiger partial charge in [-0.1, -0.05) is 36.4 Å². The molecule has 0 aliphatic rings. The van der Waals surface area contributed by atoms with E-state index in [0.29, 0.717) is 41.6 Å². The van der Waals surface area contributed by atoms with Gasteiger partial charge in [0.2, 0.25) is 0 Å². The highest BCUT2D eigenvalue weighted by Crippen LogP contribution is 2.29. The van der Waals surface area contributed by atoms with Crippen LogP contribution in [0.4, 0.5) is 0 Å². The third kappa shape index (κ3) is 7.49. The van der Waals surface area contributed by atoms with Crippen molar-refractivity contribution in [2.24, 2.45) is 5.10 Å². The van der Waals surface area contributed by atoms with Gasteiger partial charge in [0, 0.05) is 6.54 Å². The van der Waals surface area contributed by atoms with Gasteiger partial charge in [-0.3, -0.25) is 9.59 Å². The van der Waals surface area contributed by atoms with Gasteiger partial charge in [-0.15, -0.1) is 0 Å². The number of carbonyl (C=O) groups excluding carboxylic acids is 2. The van der Waals surface area contributed by atoms with Gasteiger partial charge in [-0.05, 0) is 53.4 Å². The summed E-state index contributed by atoms with van der Waals surface area (Å²) in [5.74, 6) is 0.670. The van der Waals surface area contributed by atoms with Crippen LogP contribution in [-0.2, 0) is 22.6 Å². The fourth-order valence-electron chi connectivity index (χ4n) is 3.27. The van der Waals surface area contributed by atoms with Gasteiger partial charge in [0.1, 0.15) is 6.61 Å². The van der Waals surface area contributed by atoms with Crippen molar-refractivity contribution in [2.75, 3.05) is 27.9 Å². The Morgan fingerprint density at radius 2 is 1.47 bits per heavy atom.